The number of amides is 1. The van der Waals surface area contributed by atoms with Crippen molar-refractivity contribution in [2.24, 2.45) is 4.99 Å². The van der Waals surface area contributed by atoms with Crippen molar-refractivity contribution in [2.75, 3.05) is 30.0 Å². The Morgan fingerprint density at radius 3 is 2.75 bits per heavy atom. The van der Waals surface area contributed by atoms with Crippen LogP contribution in [0.1, 0.15) is 11.3 Å². The molecule has 1 aliphatic rings. The van der Waals surface area contributed by atoms with Gasteiger partial charge in [0.15, 0.2) is 0 Å². The monoisotopic (exact) mass is 379 g/mol. The van der Waals surface area contributed by atoms with Crippen LogP contribution in [0.2, 0.25) is 10.2 Å². The molecule has 1 aliphatic heterocycles. The van der Waals surface area contributed by atoms with E-state index < -0.39 is 0 Å². The van der Waals surface area contributed by atoms with Gasteiger partial charge in [0.25, 0.3) is 0 Å². The second-order valence-electron chi connectivity index (χ2n) is 5.18. The number of aliphatic imine (C=N–C) groups is 1. The summed E-state index contributed by atoms with van der Waals surface area (Å²) in [5, 5.41) is 0.918. The molecule has 0 bridgehead atoms. The molecule has 0 aliphatic carbocycles. The maximum absolute atomic E-state index is 12.5. The third-order valence-corrected chi connectivity index (χ3v) is 4.81. The number of hydrogen-bond acceptors (Lipinski definition) is 4. The molecule has 3 rings (SSSR count). The van der Waals surface area contributed by atoms with Crippen molar-refractivity contribution in [1.29, 1.82) is 0 Å². The first-order valence-electron chi connectivity index (χ1n) is 7.37. The molecule has 2 heterocycles. The Labute approximate surface area is 154 Å². The van der Waals surface area contributed by atoms with Gasteiger partial charge in [0.2, 0.25) is 5.91 Å². The summed E-state index contributed by atoms with van der Waals surface area (Å²) < 4.78 is 0. The van der Waals surface area contributed by atoms with Crippen LogP contribution in [0.5, 0.6) is 0 Å². The summed E-state index contributed by atoms with van der Waals surface area (Å²) in [7, 11) is 0. The van der Waals surface area contributed by atoms with Gasteiger partial charge in [-0.05, 0) is 24.5 Å². The van der Waals surface area contributed by atoms with E-state index in [0.29, 0.717) is 28.1 Å². The molecule has 0 fully saturated rings. The molecule has 0 spiro atoms. The molecular formula is C17H15Cl2N3OS. The Kier molecular flexibility index (Phi) is 5.43. The first-order chi connectivity index (χ1) is 11.6. The van der Waals surface area contributed by atoms with E-state index in [-0.39, 0.29) is 12.5 Å². The fourth-order valence-electron chi connectivity index (χ4n) is 2.56. The number of carbonyl (C=O) groups excluding carboxylic acids is 1. The molecule has 0 saturated heterocycles. The second-order valence-corrected chi connectivity index (χ2v) is 6.96. The molecule has 124 valence electrons. The molecule has 4 nitrogen and oxygen atoms in total. The maximum Gasteiger partial charge on any atom is 0.248 e. The normalized spacial score (nSPS) is 14.2. The van der Waals surface area contributed by atoms with Crippen LogP contribution in [-0.4, -0.2) is 41.7 Å². The lowest BCUT2D eigenvalue weighted by molar-refractivity contribution is -0.117. The van der Waals surface area contributed by atoms with Gasteiger partial charge in [0, 0.05) is 17.9 Å². The van der Waals surface area contributed by atoms with Gasteiger partial charge in [-0.1, -0.05) is 41.4 Å². The summed E-state index contributed by atoms with van der Waals surface area (Å²) in [4.78, 5) is 23.2. The Morgan fingerprint density at radius 1 is 1.21 bits per heavy atom. The Bertz CT molecular complexity index is 810. The number of fused-ring (bicyclic) bond motifs is 1. The number of aromatic nitrogens is 1. The minimum atomic E-state index is -0.0588. The lowest BCUT2D eigenvalue weighted by atomic mass is 10.1. The van der Waals surface area contributed by atoms with E-state index in [4.69, 9.17) is 23.2 Å². The van der Waals surface area contributed by atoms with Gasteiger partial charge in [-0.15, -0.1) is 0 Å². The van der Waals surface area contributed by atoms with Crippen molar-refractivity contribution < 1.29 is 4.79 Å². The Hall–Kier alpha value is -1.56. The predicted octanol–water partition coefficient (Wildman–Crippen LogP) is 3.94. The van der Waals surface area contributed by atoms with Crippen molar-refractivity contribution in [2.45, 2.75) is 0 Å². The van der Waals surface area contributed by atoms with Crippen molar-refractivity contribution in [1.82, 2.24) is 4.98 Å². The number of halogens is 2. The average Bonchev–Trinajstić information content (AvgIpc) is 2.70. The molecular weight excluding hydrogens is 365 g/mol. The van der Waals surface area contributed by atoms with Crippen molar-refractivity contribution in [3.05, 3.63) is 57.8 Å². The standard InChI is InChI=1S/C17H15Cl2N3OS/c1-24-9-8-22-13-6-7-14(19)21-17(13)16(20-10-15(22)23)11-4-2-3-5-12(11)18/h2-7H,8-10H2,1H3. The average molecular weight is 380 g/mol. The summed E-state index contributed by atoms with van der Waals surface area (Å²) >= 11 is 14.1. The zero-order valence-electron chi connectivity index (χ0n) is 13.0. The van der Waals surface area contributed by atoms with Crippen molar-refractivity contribution in [3.63, 3.8) is 0 Å². The lowest BCUT2D eigenvalue weighted by Crippen LogP contribution is -2.34. The largest absolute Gasteiger partial charge is 0.308 e. The Balaban J connectivity index is 2.16. The molecule has 24 heavy (non-hydrogen) atoms. The number of nitrogens with zero attached hydrogens (tertiary/aromatic N) is 3. The Morgan fingerprint density at radius 2 is 2.00 bits per heavy atom. The summed E-state index contributed by atoms with van der Waals surface area (Å²) in [6.45, 7) is 0.657. The van der Waals surface area contributed by atoms with Gasteiger partial charge >= 0.3 is 0 Å². The van der Waals surface area contributed by atoms with E-state index in [0.717, 1.165) is 17.0 Å². The number of carbonyl (C=O) groups is 1. The van der Waals surface area contributed by atoms with E-state index >= 15 is 0 Å². The molecule has 0 saturated carbocycles. The second kappa shape index (κ2) is 7.55. The van der Waals surface area contributed by atoms with Crippen LogP contribution in [-0.2, 0) is 4.79 Å². The highest BCUT2D eigenvalue weighted by molar-refractivity contribution is 7.98. The van der Waals surface area contributed by atoms with Crippen molar-refractivity contribution >= 4 is 52.3 Å². The molecule has 1 aromatic heterocycles. The molecule has 0 unspecified atom stereocenters. The fourth-order valence-corrected chi connectivity index (χ4v) is 3.29. The van der Waals surface area contributed by atoms with Gasteiger partial charge < -0.3 is 4.90 Å². The van der Waals surface area contributed by atoms with E-state index in [1.54, 1.807) is 28.8 Å². The van der Waals surface area contributed by atoms with Crippen LogP contribution < -0.4 is 4.90 Å². The van der Waals surface area contributed by atoms with E-state index in [2.05, 4.69) is 9.98 Å². The molecule has 0 atom stereocenters. The van der Waals surface area contributed by atoms with Crippen LogP contribution in [0.3, 0.4) is 0 Å². The fraction of sp³-hybridized carbons (Fsp3) is 0.235. The predicted molar refractivity (Wildman–Crippen MR) is 102 cm³/mol. The molecule has 1 amide bonds. The molecule has 7 heteroatoms. The van der Waals surface area contributed by atoms with Gasteiger partial charge in [-0.2, -0.15) is 11.8 Å². The quantitative estimate of drug-likeness (QED) is 0.755. The minimum Gasteiger partial charge on any atom is -0.308 e. The SMILES string of the molecule is CSCCN1C(=O)CN=C(c2ccccc2Cl)c2nc(Cl)ccc21. The molecule has 2 aromatic rings. The van der Waals surface area contributed by atoms with Crippen LogP contribution in [0.4, 0.5) is 5.69 Å². The van der Waals surface area contributed by atoms with E-state index in [1.807, 2.05) is 30.5 Å². The zero-order chi connectivity index (χ0) is 17.1. The smallest absolute Gasteiger partial charge is 0.248 e. The van der Waals surface area contributed by atoms with Gasteiger partial charge in [-0.25, -0.2) is 4.98 Å². The molecule has 1 aromatic carbocycles. The van der Waals surface area contributed by atoms with Gasteiger partial charge in [-0.3, -0.25) is 9.79 Å². The number of hydrogen-bond donors (Lipinski definition) is 0. The van der Waals surface area contributed by atoms with Crippen LogP contribution in [0.15, 0.2) is 41.4 Å². The molecule has 0 radical (unpaired) electrons. The summed E-state index contributed by atoms with van der Waals surface area (Å²) in [6, 6.07) is 10.9. The number of rotatable bonds is 4. The minimum absolute atomic E-state index is 0.0584. The van der Waals surface area contributed by atoms with Crippen LogP contribution in [0, 0.1) is 0 Å². The zero-order valence-corrected chi connectivity index (χ0v) is 15.3. The van der Waals surface area contributed by atoms with Crippen LogP contribution in [0.25, 0.3) is 0 Å². The number of pyridine rings is 1. The third-order valence-electron chi connectivity index (χ3n) is 3.68. The first-order valence-corrected chi connectivity index (χ1v) is 9.52. The van der Waals surface area contributed by atoms with Crippen molar-refractivity contribution in [3.8, 4) is 0 Å². The number of thioether (sulfide) groups is 1. The van der Waals surface area contributed by atoms with E-state index in [1.165, 1.54) is 0 Å². The lowest BCUT2D eigenvalue weighted by Gasteiger charge is -2.22. The highest BCUT2D eigenvalue weighted by Crippen LogP contribution is 2.29. The summed E-state index contributed by atoms with van der Waals surface area (Å²) in [6.07, 6.45) is 2.01. The highest BCUT2D eigenvalue weighted by atomic mass is 35.5. The number of benzene rings is 1. The number of anilines is 1. The topological polar surface area (TPSA) is 45.6 Å². The first kappa shape index (κ1) is 17.3. The third kappa shape index (κ3) is 3.43. The van der Waals surface area contributed by atoms with Crippen LogP contribution >= 0.6 is 35.0 Å². The summed E-state index contributed by atoms with van der Waals surface area (Å²) in [5.41, 5.74) is 2.64. The van der Waals surface area contributed by atoms with Gasteiger partial charge in [0.05, 0.1) is 16.4 Å². The summed E-state index contributed by atoms with van der Waals surface area (Å²) in [5.74, 6) is 0.770. The van der Waals surface area contributed by atoms with Gasteiger partial charge in [0.1, 0.15) is 17.4 Å². The molecule has 0 N–H and O–H groups in total. The maximum atomic E-state index is 12.5. The van der Waals surface area contributed by atoms with E-state index in [9.17, 15) is 4.79 Å². The highest BCUT2D eigenvalue weighted by Gasteiger charge is 2.27.